The van der Waals surface area contributed by atoms with E-state index in [-0.39, 0.29) is 0 Å². The number of likely N-dealkylation sites (N-methyl/N-ethyl adjacent to an activating group) is 1. The van der Waals surface area contributed by atoms with Crippen molar-refractivity contribution < 1.29 is 9.47 Å². The lowest BCUT2D eigenvalue weighted by Crippen LogP contribution is -2.33. The predicted molar refractivity (Wildman–Crippen MR) is 86.9 cm³/mol. The van der Waals surface area contributed by atoms with Crippen LogP contribution >= 0.6 is 0 Å². The Kier molecular flexibility index (Phi) is 7.00. The highest BCUT2D eigenvalue weighted by atomic mass is 16.5. The van der Waals surface area contributed by atoms with Crippen LogP contribution < -0.4 is 10.2 Å². The summed E-state index contributed by atoms with van der Waals surface area (Å²) in [5.74, 6) is 0. The van der Waals surface area contributed by atoms with Gasteiger partial charge < -0.3 is 19.7 Å². The highest BCUT2D eigenvalue weighted by Crippen LogP contribution is 2.18. The summed E-state index contributed by atoms with van der Waals surface area (Å²) in [5.41, 5.74) is 2.56. The van der Waals surface area contributed by atoms with Gasteiger partial charge in [0.05, 0.1) is 12.7 Å². The summed E-state index contributed by atoms with van der Waals surface area (Å²) in [7, 11) is 3.87. The monoisotopic (exact) mass is 292 g/mol. The summed E-state index contributed by atoms with van der Waals surface area (Å²) in [4.78, 5) is 2.29. The van der Waals surface area contributed by atoms with Crippen LogP contribution in [0.15, 0.2) is 24.3 Å². The first kappa shape index (κ1) is 16.3. The van der Waals surface area contributed by atoms with Gasteiger partial charge in [-0.3, -0.25) is 0 Å². The Hall–Kier alpha value is -1.10. The molecule has 1 aromatic carbocycles. The quantitative estimate of drug-likeness (QED) is 0.746. The molecular weight excluding hydrogens is 264 g/mol. The molecule has 118 valence electrons. The highest BCUT2D eigenvalue weighted by Gasteiger charge is 2.15. The summed E-state index contributed by atoms with van der Waals surface area (Å²) in [6, 6.07) is 8.76. The molecular formula is C17H28N2O2. The zero-order valence-corrected chi connectivity index (χ0v) is 13.3. The zero-order chi connectivity index (χ0) is 14.9. The van der Waals surface area contributed by atoms with Crippen molar-refractivity contribution in [3.8, 4) is 0 Å². The second kappa shape index (κ2) is 9.03. The van der Waals surface area contributed by atoms with Crippen molar-refractivity contribution in [2.24, 2.45) is 0 Å². The van der Waals surface area contributed by atoms with Crippen molar-refractivity contribution in [2.45, 2.75) is 31.9 Å². The molecule has 0 saturated carbocycles. The normalized spacial score (nSPS) is 18.7. The van der Waals surface area contributed by atoms with E-state index in [0.29, 0.717) is 6.10 Å². The van der Waals surface area contributed by atoms with E-state index in [1.807, 2.05) is 0 Å². The lowest BCUT2D eigenvalue weighted by Gasteiger charge is -2.28. The third-order valence-corrected chi connectivity index (χ3v) is 3.94. The summed E-state index contributed by atoms with van der Waals surface area (Å²) in [6.07, 6.45) is 4.08. The van der Waals surface area contributed by atoms with Crippen LogP contribution in [0.1, 0.15) is 24.8 Å². The van der Waals surface area contributed by atoms with Gasteiger partial charge in [-0.2, -0.15) is 0 Å². The molecule has 4 heteroatoms. The number of nitrogens with zero attached hydrogens (tertiary/aromatic N) is 1. The smallest absolute Gasteiger partial charge is 0.0749 e. The average molecular weight is 292 g/mol. The average Bonchev–Trinajstić information content (AvgIpc) is 2.53. The Morgan fingerprint density at radius 1 is 1.29 bits per heavy atom. The van der Waals surface area contributed by atoms with Gasteiger partial charge in [0.1, 0.15) is 0 Å². The van der Waals surface area contributed by atoms with Crippen LogP contribution in [0.3, 0.4) is 0 Å². The first-order chi connectivity index (χ1) is 10.3. The Morgan fingerprint density at radius 3 is 2.76 bits per heavy atom. The number of hydrogen-bond acceptors (Lipinski definition) is 4. The molecule has 4 nitrogen and oxygen atoms in total. The van der Waals surface area contributed by atoms with E-state index >= 15 is 0 Å². The highest BCUT2D eigenvalue weighted by molar-refractivity contribution is 5.47. The molecule has 0 aliphatic carbocycles. The van der Waals surface area contributed by atoms with E-state index < -0.39 is 0 Å². The minimum atomic E-state index is 0.388. The van der Waals surface area contributed by atoms with Crippen LogP contribution in [0.2, 0.25) is 0 Å². The molecule has 0 amide bonds. The molecule has 2 rings (SSSR count). The number of anilines is 1. The largest absolute Gasteiger partial charge is 0.383 e. The zero-order valence-electron chi connectivity index (χ0n) is 13.3. The molecule has 1 unspecified atom stereocenters. The molecule has 0 radical (unpaired) electrons. The molecule has 0 bridgehead atoms. The number of rotatable bonds is 8. The van der Waals surface area contributed by atoms with Crippen LogP contribution in [0.4, 0.5) is 5.69 Å². The van der Waals surface area contributed by atoms with E-state index in [0.717, 1.165) is 32.8 Å². The molecule has 1 fully saturated rings. The summed E-state index contributed by atoms with van der Waals surface area (Å²) < 4.78 is 10.8. The first-order valence-corrected chi connectivity index (χ1v) is 7.91. The number of benzene rings is 1. The van der Waals surface area contributed by atoms with Gasteiger partial charge in [-0.1, -0.05) is 12.1 Å². The maximum absolute atomic E-state index is 5.81. The van der Waals surface area contributed by atoms with Gasteiger partial charge >= 0.3 is 0 Å². The van der Waals surface area contributed by atoms with Crippen LogP contribution in [-0.4, -0.2) is 46.6 Å². The van der Waals surface area contributed by atoms with Crippen molar-refractivity contribution in [3.63, 3.8) is 0 Å². The fourth-order valence-electron chi connectivity index (χ4n) is 2.64. The van der Waals surface area contributed by atoms with Gasteiger partial charge in [0.2, 0.25) is 0 Å². The fraction of sp³-hybridized carbons (Fsp3) is 0.647. The fourth-order valence-corrected chi connectivity index (χ4v) is 2.64. The second-order valence-electron chi connectivity index (χ2n) is 5.71. The third-order valence-electron chi connectivity index (χ3n) is 3.94. The van der Waals surface area contributed by atoms with E-state index in [1.54, 1.807) is 7.11 Å². The molecule has 1 atom stereocenters. The SMILES string of the molecule is COCCNCc1ccc(N(C)CC2CCCCO2)cc1. The number of hydrogen-bond donors (Lipinski definition) is 1. The Balaban J connectivity index is 1.77. The number of methoxy groups -OCH3 is 1. The Labute approximate surface area is 128 Å². The number of nitrogens with one attached hydrogen (secondary N) is 1. The van der Waals surface area contributed by atoms with Gasteiger partial charge in [-0.05, 0) is 37.0 Å². The van der Waals surface area contributed by atoms with Crippen molar-refractivity contribution in [3.05, 3.63) is 29.8 Å². The minimum Gasteiger partial charge on any atom is -0.383 e. The summed E-state index contributed by atoms with van der Waals surface area (Å²) in [5, 5.41) is 3.36. The molecule has 1 heterocycles. The van der Waals surface area contributed by atoms with Crippen LogP contribution in [-0.2, 0) is 16.0 Å². The molecule has 0 spiro atoms. The maximum Gasteiger partial charge on any atom is 0.0749 e. The topological polar surface area (TPSA) is 33.7 Å². The predicted octanol–water partition coefficient (Wildman–Crippen LogP) is 2.43. The van der Waals surface area contributed by atoms with Gasteiger partial charge in [0, 0.05) is 46.1 Å². The molecule has 0 aromatic heterocycles. The van der Waals surface area contributed by atoms with Crippen molar-refractivity contribution in [2.75, 3.05) is 45.4 Å². The second-order valence-corrected chi connectivity index (χ2v) is 5.71. The van der Waals surface area contributed by atoms with E-state index in [1.165, 1.54) is 30.5 Å². The van der Waals surface area contributed by atoms with E-state index in [9.17, 15) is 0 Å². The van der Waals surface area contributed by atoms with Crippen LogP contribution in [0, 0.1) is 0 Å². The van der Waals surface area contributed by atoms with Crippen LogP contribution in [0.25, 0.3) is 0 Å². The van der Waals surface area contributed by atoms with E-state index in [2.05, 4.69) is 41.5 Å². The molecule has 21 heavy (non-hydrogen) atoms. The standard InChI is InChI=1S/C17H28N2O2/c1-19(14-17-5-3-4-11-21-17)16-8-6-15(7-9-16)13-18-10-12-20-2/h6-9,17-18H,3-5,10-14H2,1-2H3. The van der Waals surface area contributed by atoms with Crippen molar-refractivity contribution in [1.29, 1.82) is 0 Å². The van der Waals surface area contributed by atoms with Gasteiger partial charge in [-0.15, -0.1) is 0 Å². The lowest BCUT2D eigenvalue weighted by molar-refractivity contribution is 0.0216. The third kappa shape index (κ3) is 5.65. The maximum atomic E-state index is 5.81. The summed E-state index contributed by atoms with van der Waals surface area (Å²) >= 11 is 0. The van der Waals surface area contributed by atoms with Gasteiger partial charge in [-0.25, -0.2) is 0 Å². The summed E-state index contributed by atoms with van der Waals surface area (Å²) in [6.45, 7) is 4.43. The van der Waals surface area contributed by atoms with E-state index in [4.69, 9.17) is 9.47 Å². The number of ether oxygens (including phenoxy) is 2. The molecule has 1 aromatic rings. The molecule has 1 N–H and O–H groups in total. The van der Waals surface area contributed by atoms with Gasteiger partial charge in [0.25, 0.3) is 0 Å². The van der Waals surface area contributed by atoms with Crippen LogP contribution in [0.5, 0.6) is 0 Å². The molecule has 1 saturated heterocycles. The molecule has 1 aliphatic heterocycles. The Morgan fingerprint density at radius 2 is 2.10 bits per heavy atom. The van der Waals surface area contributed by atoms with Gasteiger partial charge in [0.15, 0.2) is 0 Å². The first-order valence-electron chi connectivity index (χ1n) is 7.91. The minimum absolute atomic E-state index is 0.388. The van der Waals surface area contributed by atoms with Crippen molar-refractivity contribution in [1.82, 2.24) is 5.32 Å². The lowest BCUT2D eigenvalue weighted by atomic mass is 10.1. The Bertz CT molecular complexity index is 388. The molecule has 1 aliphatic rings. The van der Waals surface area contributed by atoms with Crippen molar-refractivity contribution >= 4 is 5.69 Å².